The Hall–Kier alpha value is -1.89. The second kappa shape index (κ2) is 5.40. The molecule has 1 amide bonds. The van der Waals surface area contributed by atoms with Crippen LogP contribution in [0.25, 0.3) is 0 Å². The highest BCUT2D eigenvalue weighted by molar-refractivity contribution is 9.10. The maximum atomic E-state index is 11.9. The first kappa shape index (κ1) is 13.5. The summed E-state index contributed by atoms with van der Waals surface area (Å²) >= 11 is 3.28. The van der Waals surface area contributed by atoms with E-state index in [0.717, 1.165) is 15.9 Å². The number of pyridine rings is 1. The van der Waals surface area contributed by atoms with Crippen LogP contribution in [0.15, 0.2) is 22.8 Å². The van der Waals surface area contributed by atoms with Gasteiger partial charge in [-0.1, -0.05) is 0 Å². The number of amides is 1. The number of nitrogens with two attached hydrogens (primary N) is 1. The normalized spacial score (nSPS) is 10.5. The van der Waals surface area contributed by atoms with E-state index >= 15 is 0 Å². The van der Waals surface area contributed by atoms with E-state index in [0.29, 0.717) is 11.5 Å². The maximum absolute atomic E-state index is 11.9. The van der Waals surface area contributed by atoms with Crippen LogP contribution in [0.1, 0.15) is 11.4 Å². The molecule has 0 bridgehead atoms. The second-order valence-electron chi connectivity index (χ2n) is 4.15. The number of hydrogen-bond donors (Lipinski definition) is 2. The standard InChI is InChI=1S/C12H14BrN5O/c1-7-12(14)8(2)18(17-7)6-11(19)16-10-4-3-9(13)5-15-10/h3-5H,6,14H2,1-2H3,(H,15,16,19). The van der Waals surface area contributed by atoms with Gasteiger partial charge in [0.25, 0.3) is 0 Å². The molecule has 19 heavy (non-hydrogen) atoms. The molecule has 0 aliphatic heterocycles. The van der Waals surface area contributed by atoms with Crippen molar-refractivity contribution in [1.82, 2.24) is 14.8 Å². The largest absolute Gasteiger partial charge is 0.396 e. The zero-order valence-electron chi connectivity index (χ0n) is 10.6. The highest BCUT2D eigenvalue weighted by atomic mass is 79.9. The Morgan fingerprint density at radius 2 is 2.21 bits per heavy atom. The van der Waals surface area contributed by atoms with Crippen LogP contribution in [0.3, 0.4) is 0 Å². The van der Waals surface area contributed by atoms with E-state index in [1.165, 1.54) is 0 Å². The molecular formula is C12H14BrN5O. The number of rotatable bonds is 3. The average molecular weight is 324 g/mol. The van der Waals surface area contributed by atoms with Gasteiger partial charge in [-0.2, -0.15) is 5.10 Å². The summed E-state index contributed by atoms with van der Waals surface area (Å²) in [7, 11) is 0. The molecule has 0 aromatic carbocycles. The van der Waals surface area contributed by atoms with Gasteiger partial charge in [0.15, 0.2) is 0 Å². The minimum absolute atomic E-state index is 0.113. The number of carbonyl (C=O) groups excluding carboxylic acids is 1. The fourth-order valence-corrected chi connectivity index (χ4v) is 1.87. The fourth-order valence-electron chi connectivity index (χ4n) is 1.63. The molecule has 0 atom stereocenters. The maximum Gasteiger partial charge on any atom is 0.247 e. The van der Waals surface area contributed by atoms with Crippen LogP contribution in [-0.4, -0.2) is 20.7 Å². The van der Waals surface area contributed by atoms with Gasteiger partial charge in [-0.25, -0.2) is 4.98 Å². The van der Waals surface area contributed by atoms with Crippen LogP contribution in [0.5, 0.6) is 0 Å². The Balaban J connectivity index is 2.05. The van der Waals surface area contributed by atoms with Gasteiger partial charge in [0.2, 0.25) is 5.91 Å². The lowest BCUT2D eigenvalue weighted by atomic mass is 10.3. The highest BCUT2D eigenvalue weighted by Crippen LogP contribution is 2.15. The minimum Gasteiger partial charge on any atom is -0.396 e. The van der Waals surface area contributed by atoms with Gasteiger partial charge in [0, 0.05) is 10.7 Å². The molecule has 100 valence electrons. The summed E-state index contributed by atoms with van der Waals surface area (Å²) in [6.07, 6.45) is 1.62. The van der Waals surface area contributed by atoms with Crippen LogP contribution in [0.4, 0.5) is 11.5 Å². The quantitative estimate of drug-likeness (QED) is 0.903. The van der Waals surface area contributed by atoms with E-state index in [4.69, 9.17) is 5.73 Å². The Morgan fingerprint density at radius 1 is 1.47 bits per heavy atom. The van der Waals surface area contributed by atoms with Crippen molar-refractivity contribution in [2.75, 3.05) is 11.1 Å². The molecule has 7 heteroatoms. The summed E-state index contributed by atoms with van der Waals surface area (Å²) in [5.41, 5.74) is 7.95. The minimum atomic E-state index is -0.194. The molecule has 0 unspecified atom stereocenters. The topological polar surface area (TPSA) is 85.8 Å². The molecule has 6 nitrogen and oxygen atoms in total. The SMILES string of the molecule is Cc1nn(CC(=O)Nc2ccc(Br)cn2)c(C)c1N. The highest BCUT2D eigenvalue weighted by Gasteiger charge is 2.11. The monoisotopic (exact) mass is 323 g/mol. The lowest BCUT2D eigenvalue weighted by molar-refractivity contribution is -0.117. The molecule has 0 saturated carbocycles. The molecule has 2 heterocycles. The van der Waals surface area contributed by atoms with E-state index in [9.17, 15) is 4.79 Å². The van der Waals surface area contributed by atoms with Crippen LogP contribution in [0.2, 0.25) is 0 Å². The van der Waals surface area contributed by atoms with Crippen molar-refractivity contribution in [2.24, 2.45) is 0 Å². The van der Waals surface area contributed by atoms with Crippen LogP contribution in [-0.2, 0) is 11.3 Å². The van der Waals surface area contributed by atoms with Crippen molar-refractivity contribution >= 4 is 33.3 Å². The zero-order chi connectivity index (χ0) is 14.0. The molecule has 3 N–H and O–H groups in total. The number of aryl methyl sites for hydroxylation is 1. The Bertz CT molecular complexity index is 605. The molecule has 0 spiro atoms. The lowest BCUT2D eigenvalue weighted by Gasteiger charge is -2.06. The van der Waals surface area contributed by atoms with E-state index in [-0.39, 0.29) is 12.5 Å². The van der Waals surface area contributed by atoms with Crippen molar-refractivity contribution in [3.8, 4) is 0 Å². The first-order valence-electron chi connectivity index (χ1n) is 5.68. The van der Waals surface area contributed by atoms with Gasteiger partial charge in [-0.15, -0.1) is 0 Å². The molecule has 0 fully saturated rings. The third kappa shape index (κ3) is 3.11. The van der Waals surface area contributed by atoms with Gasteiger partial charge in [0.1, 0.15) is 12.4 Å². The molecule has 2 aromatic rings. The summed E-state index contributed by atoms with van der Waals surface area (Å²) in [4.78, 5) is 15.9. The number of carbonyl (C=O) groups is 1. The number of hydrogen-bond acceptors (Lipinski definition) is 4. The van der Waals surface area contributed by atoms with Crippen molar-refractivity contribution < 1.29 is 4.79 Å². The van der Waals surface area contributed by atoms with Gasteiger partial charge in [-0.05, 0) is 41.9 Å². The van der Waals surface area contributed by atoms with Crippen molar-refractivity contribution in [3.63, 3.8) is 0 Å². The summed E-state index contributed by atoms with van der Waals surface area (Å²) in [6, 6.07) is 3.53. The molecule has 0 saturated heterocycles. The van der Waals surface area contributed by atoms with Crippen LogP contribution < -0.4 is 11.1 Å². The third-order valence-electron chi connectivity index (χ3n) is 2.73. The number of anilines is 2. The number of nitrogens with one attached hydrogen (secondary N) is 1. The second-order valence-corrected chi connectivity index (χ2v) is 5.07. The van der Waals surface area contributed by atoms with Gasteiger partial charge in [0.05, 0.1) is 17.1 Å². The lowest BCUT2D eigenvalue weighted by Crippen LogP contribution is -2.20. The van der Waals surface area contributed by atoms with Crippen molar-refractivity contribution in [1.29, 1.82) is 0 Å². The fraction of sp³-hybridized carbons (Fsp3) is 0.250. The molecule has 2 rings (SSSR count). The molecule has 0 aliphatic carbocycles. The summed E-state index contributed by atoms with van der Waals surface area (Å²) < 4.78 is 2.44. The average Bonchev–Trinajstić information content (AvgIpc) is 2.60. The van der Waals surface area contributed by atoms with Crippen LogP contribution >= 0.6 is 15.9 Å². The van der Waals surface area contributed by atoms with Crippen LogP contribution in [0, 0.1) is 13.8 Å². The van der Waals surface area contributed by atoms with Crippen molar-refractivity contribution in [2.45, 2.75) is 20.4 Å². The number of nitrogens with zero attached hydrogens (tertiary/aromatic N) is 3. The van der Waals surface area contributed by atoms with Gasteiger partial charge >= 0.3 is 0 Å². The smallest absolute Gasteiger partial charge is 0.247 e. The van der Waals surface area contributed by atoms with E-state index in [2.05, 4.69) is 31.3 Å². The third-order valence-corrected chi connectivity index (χ3v) is 3.19. The number of aromatic nitrogens is 3. The van der Waals surface area contributed by atoms with E-state index in [1.54, 1.807) is 16.9 Å². The molecule has 2 aromatic heterocycles. The Morgan fingerprint density at radius 3 is 2.74 bits per heavy atom. The first-order valence-corrected chi connectivity index (χ1v) is 6.47. The Kier molecular flexibility index (Phi) is 3.84. The predicted octanol–water partition coefficient (Wildman–Crippen LogP) is 1.88. The summed E-state index contributed by atoms with van der Waals surface area (Å²) in [5.74, 6) is 0.308. The molecule has 0 aliphatic rings. The van der Waals surface area contributed by atoms with E-state index < -0.39 is 0 Å². The van der Waals surface area contributed by atoms with E-state index in [1.807, 2.05) is 19.9 Å². The number of halogens is 1. The molecular weight excluding hydrogens is 310 g/mol. The Labute approximate surface area is 119 Å². The van der Waals surface area contributed by atoms with Gasteiger partial charge in [-0.3, -0.25) is 9.48 Å². The van der Waals surface area contributed by atoms with Crippen molar-refractivity contribution in [3.05, 3.63) is 34.2 Å². The zero-order valence-corrected chi connectivity index (χ0v) is 12.2. The summed E-state index contributed by atoms with van der Waals surface area (Å²) in [6.45, 7) is 3.76. The van der Waals surface area contributed by atoms with Gasteiger partial charge < -0.3 is 11.1 Å². The molecule has 0 radical (unpaired) electrons. The predicted molar refractivity (Wildman–Crippen MR) is 76.7 cm³/mol. The summed E-state index contributed by atoms with van der Waals surface area (Å²) in [5, 5.41) is 6.91. The number of nitrogen functional groups attached to an aromatic ring is 1. The first-order chi connectivity index (χ1) is 8.97.